The average molecular weight is 535 g/mol. The lowest BCUT2D eigenvalue weighted by Crippen LogP contribution is -2.37. The Bertz CT molecular complexity index is 1970. The molecule has 0 amide bonds. The van der Waals surface area contributed by atoms with Crippen molar-refractivity contribution < 1.29 is 0 Å². The highest BCUT2D eigenvalue weighted by atomic mass is 32.1. The average Bonchev–Trinajstić information content (AvgIpc) is 3.34. The fourth-order valence-corrected chi connectivity index (χ4v) is 7.78. The quantitative estimate of drug-likeness (QED) is 0.197. The van der Waals surface area contributed by atoms with Crippen LogP contribution in [0.3, 0.4) is 0 Å². The van der Waals surface area contributed by atoms with E-state index in [2.05, 4.69) is 147 Å². The second kappa shape index (κ2) is 9.34. The first-order valence-electron chi connectivity index (χ1n) is 13.6. The third-order valence-electron chi connectivity index (χ3n) is 7.85. The van der Waals surface area contributed by atoms with E-state index in [0.717, 1.165) is 0 Å². The number of rotatable bonds is 4. The van der Waals surface area contributed by atoms with Gasteiger partial charge in [0.25, 0.3) is 0 Å². The summed E-state index contributed by atoms with van der Waals surface area (Å²) in [5, 5.41) is 6.73. The van der Waals surface area contributed by atoms with Crippen molar-refractivity contribution in [1.29, 1.82) is 0 Å². The molecule has 7 rings (SSSR count). The summed E-state index contributed by atoms with van der Waals surface area (Å²) in [6, 6.07) is 47.4. The van der Waals surface area contributed by atoms with Crippen LogP contribution in [0, 0.1) is 0 Å². The Morgan fingerprint density at radius 3 is 1.51 bits per heavy atom. The summed E-state index contributed by atoms with van der Waals surface area (Å²) in [6.07, 6.45) is 0. The summed E-state index contributed by atoms with van der Waals surface area (Å²) in [6.45, 7) is 7.19. The molecular formula is C37H30SSi. The highest BCUT2D eigenvalue weighted by Gasteiger charge is 2.15. The highest BCUT2D eigenvalue weighted by molar-refractivity contribution is 7.25. The molecule has 0 unspecified atom stereocenters. The van der Waals surface area contributed by atoms with Crippen LogP contribution in [0.15, 0.2) is 127 Å². The summed E-state index contributed by atoms with van der Waals surface area (Å²) < 4.78 is 2.70. The lowest BCUT2D eigenvalue weighted by molar-refractivity contribution is 1.60. The minimum Gasteiger partial charge on any atom is -0.135 e. The molecule has 0 atom stereocenters. The predicted octanol–water partition coefficient (Wildman–Crippen LogP) is 10.8. The van der Waals surface area contributed by atoms with Crippen molar-refractivity contribution >= 4 is 55.5 Å². The molecule has 2 heteroatoms. The van der Waals surface area contributed by atoms with Gasteiger partial charge in [-0.25, -0.2) is 0 Å². The summed E-state index contributed by atoms with van der Waals surface area (Å²) in [4.78, 5) is 0. The van der Waals surface area contributed by atoms with Gasteiger partial charge in [0.05, 0.1) is 8.07 Å². The van der Waals surface area contributed by atoms with E-state index in [1.807, 2.05) is 11.3 Å². The summed E-state index contributed by atoms with van der Waals surface area (Å²) in [5.74, 6) is 0. The van der Waals surface area contributed by atoms with E-state index in [1.165, 1.54) is 69.5 Å². The fraction of sp³-hybridized carbons (Fsp3) is 0.0811. The summed E-state index contributed by atoms with van der Waals surface area (Å²) in [5.41, 5.74) is 7.58. The van der Waals surface area contributed by atoms with Gasteiger partial charge in [-0.15, -0.1) is 11.3 Å². The van der Waals surface area contributed by atoms with Gasteiger partial charge in [0, 0.05) is 20.2 Å². The lowest BCUT2D eigenvalue weighted by Gasteiger charge is -2.16. The van der Waals surface area contributed by atoms with Crippen LogP contribution in [-0.2, 0) is 0 Å². The van der Waals surface area contributed by atoms with Gasteiger partial charge in [-0.05, 0) is 74.5 Å². The van der Waals surface area contributed by atoms with Crippen LogP contribution < -0.4 is 5.19 Å². The summed E-state index contributed by atoms with van der Waals surface area (Å²) in [7, 11) is -1.27. The number of hydrogen-bond donors (Lipinski definition) is 0. The number of hydrogen-bond acceptors (Lipinski definition) is 1. The minimum absolute atomic E-state index is 1.25. The van der Waals surface area contributed by atoms with Gasteiger partial charge in [-0.1, -0.05) is 122 Å². The molecule has 0 saturated carbocycles. The molecule has 0 aliphatic carbocycles. The number of fused-ring (bicyclic) bond motifs is 4. The van der Waals surface area contributed by atoms with E-state index in [4.69, 9.17) is 0 Å². The molecule has 0 spiro atoms. The standard InChI is InChI=1S/C37H30SSi/c1-39(2,3)33-19-16-26(17-20-33)25-8-10-27(11-9-25)28-12-13-30-23-31(15-14-29(30)22-28)32-18-21-37-35(24-32)34-6-4-5-7-36(34)38-37/h4-24H,1-3H3. The molecule has 1 aromatic heterocycles. The molecule has 39 heavy (non-hydrogen) atoms. The Balaban J connectivity index is 1.17. The molecular weight excluding hydrogens is 505 g/mol. The third kappa shape index (κ3) is 4.50. The van der Waals surface area contributed by atoms with Crippen molar-refractivity contribution in [3.63, 3.8) is 0 Å². The van der Waals surface area contributed by atoms with Crippen LogP contribution in [0.4, 0.5) is 0 Å². The van der Waals surface area contributed by atoms with E-state index in [-0.39, 0.29) is 0 Å². The van der Waals surface area contributed by atoms with Crippen molar-refractivity contribution in [2.75, 3.05) is 0 Å². The molecule has 0 radical (unpaired) electrons. The maximum absolute atomic E-state index is 2.40. The topological polar surface area (TPSA) is 0 Å². The second-order valence-corrected chi connectivity index (χ2v) is 17.7. The first-order chi connectivity index (χ1) is 18.9. The largest absolute Gasteiger partial charge is 0.135 e. The maximum Gasteiger partial charge on any atom is 0.0775 e. The minimum atomic E-state index is -1.27. The van der Waals surface area contributed by atoms with E-state index in [0.29, 0.717) is 0 Å². The zero-order valence-electron chi connectivity index (χ0n) is 22.5. The molecule has 1 heterocycles. The molecule has 0 aliphatic rings. The Morgan fingerprint density at radius 2 is 0.872 bits per heavy atom. The number of thiophene rings is 1. The van der Waals surface area contributed by atoms with Gasteiger partial charge in [0.2, 0.25) is 0 Å². The SMILES string of the molecule is C[Si](C)(C)c1ccc(-c2ccc(-c3ccc4cc(-c5ccc6sc7ccccc7c6c5)ccc4c3)cc2)cc1. The van der Waals surface area contributed by atoms with Crippen molar-refractivity contribution in [3.8, 4) is 33.4 Å². The molecule has 188 valence electrons. The van der Waals surface area contributed by atoms with Crippen molar-refractivity contribution in [1.82, 2.24) is 0 Å². The zero-order chi connectivity index (χ0) is 26.6. The Morgan fingerprint density at radius 1 is 0.410 bits per heavy atom. The number of benzene rings is 6. The van der Waals surface area contributed by atoms with E-state index >= 15 is 0 Å². The van der Waals surface area contributed by atoms with Crippen LogP contribution in [-0.4, -0.2) is 8.07 Å². The zero-order valence-corrected chi connectivity index (χ0v) is 24.3. The van der Waals surface area contributed by atoms with Crippen molar-refractivity contribution in [2.24, 2.45) is 0 Å². The first kappa shape index (κ1) is 24.1. The van der Waals surface area contributed by atoms with Crippen molar-refractivity contribution in [2.45, 2.75) is 19.6 Å². The van der Waals surface area contributed by atoms with Gasteiger partial charge in [-0.2, -0.15) is 0 Å². The molecule has 0 nitrogen and oxygen atoms in total. The second-order valence-electron chi connectivity index (χ2n) is 11.5. The molecule has 0 N–H and O–H groups in total. The maximum atomic E-state index is 2.40. The summed E-state index contributed by atoms with van der Waals surface area (Å²) >= 11 is 1.87. The van der Waals surface area contributed by atoms with E-state index in [1.54, 1.807) is 0 Å². The molecule has 0 aliphatic heterocycles. The van der Waals surface area contributed by atoms with Crippen LogP contribution in [0.5, 0.6) is 0 Å². The van der Waals surface area contributed by atoms with Crippen LogP contribution in [0.2, 0.25) is 19.6 Å². The van der Waals surface area contributed by atoms with Crippen LogP contribution >= 0.6 is 11.3 Å². The fourth-order valence-electron chi connectivity index (χ4n) is 5.53. The van der Waals surface area contributed by atoms with Gasteiger partial charge in [0.1, 0.15) is 0 Å². The normalized spacial score (nSPS) is 12.0. The van der Waals surface area contributed by atoms with Gasteiger partial charge < -0.3 is 0 Å². The highest BCUT2D eigenvalue weighted by Crippen LogP contribution is 2.37. The molecule has 6 aromatic carbocycles. The Hall–Kier alpha value is -3.98. The Kier molecular flexibility index (Phi) is 5.77. The monoisotopic (exact) mass is 534 g/mol. The molecule has 7 aromatic rings. The van der Waals surface area contributed by atoms with Crippen LogP contribution in [0.1, 0.15) is 0 Å². The first-order valence-corrected chi connectivity index (χ1v) is 17.9. The van der Waals surface area contributed by atoms with Crippen LogP contribution in [0.25, 0.3) is 64.3 Å². The smallest absolute Gasteiger partial charge is 0.0775 e. The molecule has 0 saturated heterocycles. The van der Waals surface area contributed by atoms with E-state index < -0.39 is 8.07 Å². The Labute approximate surface area is 235 Å². The predicted molar refractivity (Wildman–Crippen MR) is 176 cm³/mol. The van der Waals surface area contributed by atoms with Gasteiger partial charge >= 0.3 is 0 Å². The van der Waals surface area contributed by atoms with E-state index in [9.17, 15) is 0 Å². The van der Waals surface area contributed by atoms with Gasteiger partial charge in [-0.3, -0.25) is 0 Å². The third-order valence-corrected chi connectivity index (χ3v) is 11.1. The molecule has 0 bridgehead atoms. The lowest BCUT2D eigenvalue weighted by atomic mass is 9.96. The van der Waals surface area contributed by atoms with Gasteiger partial charge in [0.15, 0.2) is 0 Å². The molecule has 0 fully saturated rings. The van der Waals surface area contributed by atoms with Crippen molar-refractivity contribution in [3.05, 3.63) is 127 Å².